The Labute approximate surface area is 131 Å². The topological polar surface area (TPSA) is 88.9 Å². The number of nitriles is 1. The van der Waals surface area contributed by atoms with Crippen molar-refractivity contribution in [1.82, 2.24) is 0 Å². The Kier molecular flexibility index (Phi) is 4.93. The molecule has 0 aliphatic carbocycles. The van der Waals surface area contributed by atoms with Crippen LogP contribution in [-0.4, -0.2) is 39.5 Å². The summed E-state index contributed by atoms with van der Waals surface area (Å²) in [5, 5.41) is 8.95. The van der Waals surface area contributed by atoms with Gasteiger partial charge in [-0.05, 0) is 18.2 Å². The molecule has 1 aromatic rings. The highest BCUT2D eigenvalue weighted by molar-refractivity contribution is 6.03. The lowest BCUT2D eigenvalue weighted by molar-refractivity contribution is -0.140. The molecule has 8 heteroatoms. The number of carbonyl (C=O) groups excluding carboxylic acids is 2. The lowest BCUT2D eigenvalue weighted by Crippen LogP contribution is -2.39. The molecule has 0 radical (unpaired) electrons. The van der Waals surface area contributed by atoms with Crippen LogP contribution in [0.1, 0.15) is 5.56 Å². The zero-order valence-electron chi connectivity index (χ0n) is 12.5. The number of methoxy groups -OCH3 is 2. The number of carbonyl (C=O) groups is 2. The molecule has 2 rings (SSSR count). The summed E-state index contributed by atoms with van der Waals surface area (Å²) in [6.07, 6.45) is 0. The lowest BCUT2D eigenvalue weighted by Gasteiger charge is -2.31. The lowest BCUT2D eigenvalue weighted by atomic mass is 10.1. The van der Waals surface area contributed by atoms with Crippen molar-refractivity contribution >= 4 is 17.6 Å². The van der Waals surface area contributed by atoms with Crippen molar-refractivity contribution in [3.8, 4) is 6.07 Å². The molecule has 23 heavy (non-hydrogen) atoms. The Morgan fingerprint density at radius 2 is 2.00 bits per heavy atom. The molecule has 0 saturated carbocycles. The number of hydrogen-bond acceptors (Lipinski definition) is 7. The SMILES string of the molecule is COC(=O)C1=C(C(=O)OC)N(c2cc(C#N)ccc2F)COC1. The van der Waals surface area contributed by atoms with E-state index in [0.29, 0.717) is 0 Å². The van der Waals surface area contributed by atoms with Crippen LogP contribution in [0.25, 0.3) is 0 Å². The highest BCUT2D eigenvalue weighted by Crippen LogP contribution is 2.29. The van der Waals surface area contributed by atoms with Crippen LogP contribution >= 0.6 is 0 Å². The van der Waals surface area contributed by atoms with Gasteiger partial charge in [-0.1, -0.05) is 0 Å². The Bertz CT molecular complexity index is 723. The van der Waals surface area contributed by atoms with Crippen LogP contribution in [0.3, 0.4) is 0 Å². The van der Waals surface area contributed by atoms with E-state index in [9.17, 15) is 14.0 Å². The third kappa shape index (κ3) is 3.14. The van der Waals surface area contributed by atoms with Crippen LogP contribution in [0.5, 0.6) is 0 Å². The van der Waals surface area contributed by atoms with E-state index in [1.807, 2.05) is 6.07 Å². The summed E-state index contributed by atoms with van der Waals surface area (Å²) >= 11 is 0. The van der Waals surface area contributed by atoms with Gasteiger partial charge in [0.2, 0.25) is 0 Å². The van der Waals surface area contributed by atoms with Gasteiger partial charge in [-0.25, -0.2) is 14.0 Å². The smallest absolute Gasteiger partial charge is 0.355 e. The number of hydrogen-bond donors (Lipinski definition) is 0. The molecule has 1 aliphatic rings. The molecule has 7 nitrogen and oxygen atoms in total. The number of anilines is 1. The van der Waals surface area contributed by atoms with Crippen LogP contribution in [0.4, 0.5) is 10.1 Å². The molecular weight excluding hydrogens is 307 g/mol. The molecule has 0 aromatic heterocycles. The van der Waals surface area contributed by atoms with E-state index in [1.54, 1.807) is 0 Å². The van der Waals surface area contributed by atoms with E-state index in [4.69, 9.17) is 10.00 Å². The van der Waals surface area contributed by atoms with Crippen molar-refractivity contribution in [3.63, 3.8) is 0 Å². The first kappa shape index (κ1) is 16.5. The van der Waals surface area contributed by atoms with E-state index in [1.165, 1.54) is 12.1 Å². The van der Waals surface area contributed by atoms with E-state index in [-0.39, 0.29) is 35.9 Å². The molecule has 1 aliphatic heterocycles. The number of ether oxygens (including phenoxy) is 3. The van der Waals surface area contributed by atoms with Crippen molar-refractivity contribution in [2.75, 3.05) is 32.5 Å². The highest BCUT2D eigenvalue weighted by Gasteiger charge is 2.33. The van der Waals surface area contributed by atoms with Gasteiger partial charge in [0, 0.05) is 0 Å². The molecule has 0 atom stereocenters. The molecule has 1 aromatic carbocycles. The summed E-state index contributed by atoms with van der Waals surface area (Å²) in [6, 6.07) is 5.52. The van der Waals surface area contributed by atoms with Crippen molar-refractivity contribution in [2.24, 2.45) is 0 Å². The van der Waals surface area contributed by atoms with Crippen LogP contribution in [0.15, 0.2) is 29.5 Å². The maximum absolute atomic E-state index is 14.1. The molecule has 0 unspecified atom stereocenters. The van der Waals surface area contributed by atoms with Crippen molar-refractivity contribution in [1.29, 1.82) is 5.26 Å². The molecule has 0 bridgehead atoms. The summed E-state index contributed by atoms with van der Waals surface area (Å²) in [5.41, 5.74) is -0.159. The van der Waals surface area contributed by atoms with Crippen LogP contribution in [-0.2, 0) is 23.8 Å². The van der Waals surface area contributed by atoms with Gasteiger partial charge < -0.3 is 19.1 Å². The van der Waals surface area contributed by atoms with Gasteiger partial charge in [0.05, 0.1) is 43.7 Å². The van der Waals surface area contributed by atoms with Crippen molar-refractivity contribution in [2.45, 2.75) is 0 Å². The Morgan fingerprint density at radius 1 is 1.30 bits per heavy atom. The van der Waals surface area contributed by atoms with Gasteiger partial charge in [0.25, 0.3) is 0 Å². The first-order valence-electron chi connectivity index (χ1n) is 6.48. The normalized spacial score (nSPS) is 14.3. The number of halogens is 1. The third-order valence-corrected chi connectivity index (χ3v) is 3.20. The monoisotopic (exact) mass is 320 g/mol. The van der Waals surface area contributed by atoms with Gasteiger partial charge in [-0.15, -0.1) is 0 Å². The molecule has 0 fully saturated rings. The molecule has 0 N–H and O–H groups in total. The molecule has 120 valence electrons. The van der Waals surface area contributed by atoms with Crippen molar-refractivity contribution < 1.29 is 28.2 Å². The predicted octanol–water partition coefficient (Wildman–Crippen LogP) is 1.09. The number of rotatable bonds is 3. The predicted molar refractivity (Wildman–Crippen MR) is 75.5 cm³/mol. The summed E-state index contributed by atoms with van der Waals surface area (Å²) in [6.45, 7) is -0.357. The number of nitrogens with zero attached hydrogens (tertiary/aromatic N) is 2. The van der Waals surface area contributed by atoms with Gasteiger partial charge >= 0.3 is 11.9 Å². The second-order valence-electron chi connectivity index (χ2n) is 4.49. The third-order valence-electron chi connectivity index (χ3n) is 3.20. The second-order valence-corrected chi connectivity index (χ2v) is 4.49. The maximum Gasteiger partial charge on any atom is 0.355 e. The fourth-order valence-electron chi connectivity index (χ4n) is 2.12. The van der Waals surface area contributed by atoms with Crippen LogP contribution in [0.2, 0.25) is 0 Å². The van der Waals surface area contributed by atoms with Gasteiger partial charge in [0.15, 0.2) is 0 Å². The summed E-state index contributed by atoms with van der Waals surface area (Å²) < 4.78 is 28.7. The quantitative estimate of drug-likeness (QED) is 0.770. The standard InChI is InChI=1S/C15H13FN2O5/c1-21-14(19)10-7-23-8-18(13(10)15(20)22-2)12-5-9(6-17)3-4-11(12)16/h3-5H,7-8H2,1-2H3. The fourth-order valence-corrected chi connectivity index (χ4v) is 2.12. The minimum absolute atomic E-state index is 0.0782. The Morgan fingerprint density at radius 3 is 2.61 bits per heavy atom. The van der Waals surface area contributed by atoms with Crippen molar-refractivity contribution in [3.05, 3.63) is 40.8 Å². The molecule has 0 amide bonds. The van der Waals surface area contributed by atoms with Gasteiger partial charge in [-0.2, -0.15) is 5.26 Å². The van der Waals surface area contributed by atoms with E-state index < -0.39 is 17.8 Å². The summed E-state index contributed by atoms with van der Waals surface area (Å²) in [5.74, 6) is -2.30. The van der Waals surface area contributed by atoms with Gasteiger partial charge in [0.1, 0.15) is 18.2 Å². The fraction of sp³-hybridized carbons (Fsp3) is 0.267. The van der Waals surface area contributed by atoms with E-state index in [0.717, 1.165) is 25.2 Å². The summed E-state index contributed by atoms with van der Waals surface area (Å²) in [7, 11) is 2.29. The Balaban J connectivity index is 2.62. The number of esters is 2. The molecule has 0 spiro atoms. The second kappa shape index (κ2) is 6.89. The summed E-state index contributed by atoms with van der Waals surface area (Å²) in [4.78, 5) is 25.1. The zero-order chi connectivity index (χ0) is 17.0. The van der Waals surface area contributed by atoms with Gasteiger partial charge in [-0.3, -0.25) is 0 Å². The first-order valence-corrected chi connectivity index (χ1v) is 6.48. The number of benzene rings is 1. The van der Waals surface area contributed by atoms with E-state index >= 15 is 0 Å². The van der Waals surface area contributed by atoms with E-state index in [2.05, 4.69) is 9.47 Å². The van der Waals surface area contributed by atoms with Crippen LogP contribution in [0, 0.1) is 17.1 Å². The highest BCUT2D eigenvalue weighted by atomic mass is 19.1. The first-order chi connectivity index (χ1) is 11.0. The molecule has 0 saturated heterocycles. The minimum Gasteiger partial charge on any atom is -0.466 e. The average molecular weight is 320 g/mol. The minimum atomic E-state index is -0.838. The maximum atomic E-state index is 14.1. The Hall–Kier alpha value is -2.92. The molecular formula is C15H13FN2O5. The zero-order valence-corrected chi connectivity index (χ0v) is 12.5. The largest absolute Gasteiger partial charge is 0.466 e. The van der Waals surface area contributed by atoms with Crippen LogP contribution < -0.4 is 4.90 Å². The average Bonchev–Trinajstić information content (AvgIpc) is 2.60. The molecule has 1 heterocycles.